The molecule has 0 amide bonds. The molecule has 0 N–H and O–H groups in total. The first-order valence-corrected chi connectivity index (χ1v) is 8.38. The molecule has 0 aliphatic heterocycles. The second kappa shape index (κ2) is 4.88. The fourth-order valence-corrected chi connectivity index (χ4v) is 4.63. The van der Waals surface area contributed by atoms with Crippen LogP contribution in [-0.2, 0) is 6.42 Å². The van der Waals surface area contributed by atoms with Crippen LogP contribution in [0.1, 0.15) is 16.1 Å². The van der Waals surface area contributed by atoms with E-state index in [1.54, 1.807) is 22.7 Å². The van der Waals surface area contributed by atoms with E-state index in [2.05, 4.69) is 22.5 Å². The van der Waals surface area contributed by atoms with Crippen LogP contribution < -0.4 is 0 Å². The average molecular weight is 320 g/mol. The number of aromatic nitrogens is 1. The molecule has 0 saturated carbocycles. The largest absolute Gasteiger partial charge is 0.441 e. The number of thiophene rings is 2. The lowest BCUT2D eigenvalue weighted by Crippen LogP contribution is -1.93. The highest BCUT2D eigenvalue weighted by Gasteiger charge is 2.16. The van der Waals surface area contributed by atoms with Gasteiger partial charge in [-0.3, -0.25) is 0 Å². The number of hydrogen-bond acceptors (Lipinski definition) is 4. The van der Waals surface area contributed by atoms with Crippen molar-refractivity contribution in [3.63, 3.8) is 0 Å². The molecule has 0 radical (unpaired) electrons. The second-order valence-corrected chi connectivity index (χ2v) is 7.13. The van der Waals surface area contributed by atoms with Crippen LogP contribution >= 0.6 is 34.3 Å². The Balaban J connectivity index is 1.62. The number of alkyl halides is 1. The first kappa shape index (κ1) is 12.4. The molecule has 1 unspecified atom stereocenters. The van der Waals surface area contributed by atoms with Gasteiger partial charge in [0.25, 0.3) is 0 Å². The number of halogens is 1. The standard InChI is InChI=1S/C15H10ClNOS2/c16-9(13-8-14-12(20-13)5-6-19-14)7-15-17-10-3-1-2-4-11(10)18-15/h1-6,8-9H,7H2. The zero-order valence-electron chi connectivity index (χ0n) is 10.4. The molecule has 5 heteroatoms. The minimum Gasteiger partial charge on any atom is -0.441 e. The summed E-state index contributed by atoms with van der Waals surface area (Å²) >= 11 is 10.0. The van der Waals surface area contributed by atoms with Crippen molar-refractivity contribution < 1.29 is 4.42 Å². The van der Waals surface area contributed by atoms with E-state index in [4.69, 9.17) is 16.0 Å². The molecule has 20 heavy (non-hydrogen) atoms. The SMILES string of the molecule is ClC(Cc1nc2ccccc2o1)c1cc2sccc2s1. The van der Waals surface area contributed by atoms with Crippen LogP contribution in [0.4, 0.5) is 0 Å². The molecular weight excluding hydrogens is 310 g/mol. The van der Waals surface area contributed by atoms with Gasteiger partial charge in [0.05, 0.1) is 5.38 Å². The highest BCUT2D eigenvalue weighted by atomic mass is 35.5. The highest BCUT2D eigenvalue weighted by Crippen LogP contribution is 2.37. The van der Waals surface area contributed by atoms with Gasteiger partial charge in [-0.2, -0.15) is 0 Å². The topological polar surface area (TPSA) is 26.0 Å². The number of benzene rings is 1. The van der Waals surface area contributed by atoms with Crippen molar-refractivity contribution in [2.75, 3.05) is 0 Å². The van der Waals surface area contributed by atoms with Crippen LogP contribution in [0.15, 0.2) is 46.2 Å². The molecule has 0 spiro atoms. The summed E-state index contributed by atoms with van der Waals surface area (Å²) in [5.41, 5.74) is 1.71. The van der Waals surface area contributed by atoms with E-state index in [9.17, 15) is 0 Å². The minimum absolute atomic E-state index is 0.0901. The Morgan fingerprint density at radius 2 is 2.10 bits per heavy atom. The van der Waals surface area contributed by atoms with E-state index in [1.165, 1.54) is 14.3 Å². The van der Waals surface area contributed by atoms with E-state index in [0.29, 0.717) is 12.3 Å². The van der Waals surface area contributed by atoms with E-state index in [0.717, 1.165) is 11.1 Å². The third-order valence-electron chi connectivity index (χ3n) is 3.16. The molecule has 3 heterocycles. The summed E-state index contributed by atoms with van der Waals surface area (Å²) in [6.07, 6.45) is 0.615. The Bertz CT molecular complexity index is 815. The van der Waals surface area contributed by atoms with E-state index in [1.807, 2.05) is 24.3 Å². The maximum Gasteiger partial charge on any atom is 0.197 e. The van der Waals surface area contributed by atoms with Crippen LogP contribution in [0, 0.1) is 0 Å². The number of hydrogen-bond donors (Lipinski definition) is 0. The van der Waals surface area contributed by atoms with Gasteiger partial charge in [0.2, 0.25) is 0 Å². The van der Waals surface area contributed by atoms with Gasteiger partial charge in [-0.1, -0.05) is 12.1 Å². The van der Waals surface area contributed by atoms with Crippen LogP contribution in [0.5, 0.6) is 0 Å². The van der Waals surface area contributed by atoms with Crippen molar-refractivity contribution in [2.24, 2.45) is 0 Å². The van der Waals surface area contributed by atoms with Crippen molar-refractivity contribution in [3.05, 3.63) is 52.5 Å². The predicted octanol–water partition coefficient (Wildman–Crippen LogP) is 5.63. The van der Waals surface area contributed by atoms with Crippen LogP contribution in [0.2, 0.25) is 0 Å². The molecule has 1 atom stereocenters. The molecule has 4 aromatic rings. The Kier molecular flexibility index (Phi) is 3.02. The Hall–Kier alpha value is -1.36. The van der Waals surface area contributed by atoms with E-state index >= 15 is 0 Å². The lowest BCUT2D eigenvalue weighted by atomic mass is 10.2. The lowest BCUT2D eigenvalue weighted by molar-refractivity contribution is 0.526. The predicted molar refractivity (Wildman–Crippen MR) is 86.0 cm³/mol. The van der Waals surface area contributed by atoms with Crippen LogP contribution in [0.3, 0.4) is 0 Å². The van der Waals surface area contributed by atoms with E-state index in [-0.39, 0.29) is 5.38 Å². The summed E-state index contributed by atoms with van der Waals surface area (Å²) in [5, 5.41) is 2.02. The summed E-state index contributed by atoms with van der Waals surface area (Å²) in [4.78, 5) is 5.65. The molecule has 0 aliphatic rings. The van der Waals surface area contributed by atoms with Gasteiger partial charge in [0, 0.05) is 20.7 Å². The van der Waals surface area contributed by atoms with Gasteiger partial charge in [-0.05, 0) is 29.6 Å². The molecule has 0 aliphatic carbocycles. The summed E-state index contributed by atoms with van der Waals surface area (Å²) in [5.74, 6) is 0.697. The van der Waals surface area contributed by atoms with Crippen molar-refractivity contribution >= 4 is 54.8 Å². The summed E-state index contributed by atoms with van der Waals surface area (Å²) in [7, 11) is 0. The quantitative estimate of drug-likeness (QED) is 0.458. The Morgan fingerprint density at radius 1 is 1.20 bits per heavy atom. The summed E-state index contributed by atoms with van der Waals surface area (Å²) < 4.78 is 8.33. The monoisotopic (exact) mass is 319 g/mol. The van der Waals surface area contributed by atoms with Gasteiger partial charge in [0.15, 0.2) is 11.5 Å². The molecule has 3 aromatic heterocycles. The normalized spacial score (nSPS) is 13.2. The maximum atomic E-state index is 6.51. The smallest absolute Gasteiger partial charge is 0.197 e. The fourth-order valence-electron chi connectivity index (χ4n) is 2.20. The number of nitrogens with zero attached hydrogens (tertiary/aromatic N) is 1. The number of para-hydroxylation sites is 2. The lowest BCUT2D eigenvalue weighted by Gasteiger charge is -2.02. The maximum absolute atomic E-state index is 6.51. The number of rotatable bonds is 3. The molecule has 0 saturated heterocycles. The molecule has 0 fully saturated rings. The van der Waals surface area contributed by atoms with E-state index < -0.39 is 0 Å². The molecule has 4 rings (SSSR count). The summed E-state index contributed by atoms with van der Waals surface area (Å²) in [6.45, 7) is 0. The fraction of sp³-hybridized carbons (Fsp3) is 0.133. The zero-order valence-corrected chi connectivity index (χ0v) is 12.8. The molecular formula is C15H10ClNOS2. The van der Waals surface area contributed by atoms with Gasteiger partial charge >= 0.3 is 0 Å². The van der Waals surface area contributed by atoms with Crippen LogP contribution in [-0.4, -0.2) is 4.98 Å². The second-order valence-electron chi connectivity index (χ2n) is 4.54. The number of fused-ring (bicyclic) bond motifs is 2. The third kappa shape index (κ3) is 2.14. The van der Waals surface area contributed by atoms with Crippen LogP contribution in [0.25, 0.3) is 20.5 Å². The van der Waals surface area contributed by atoms with Gasteiger partial charge in [-0.25, -0.2) is 4.98 Å². The van der Waals surface area contributed by atoms with Gasteiger partial charge in [0.1, 0.15) is 5.52 Å². The average Bonchev–Trinajstić information content (AvgIpc) is 3.11. The Labute approximate surface area is 128 Å². The molecule has 0 bridgehead atoms. The first-order chi connectivity index (χ1) is 9.79. The third-order valence-corrected chi connectivity index (χ3v) is 5.89. The minimum atomic E-state index is -0.0901. The van der Waals surface area contributed by atoms with Gasteiger partial charge in [-0.15, -0.1) is 34.3 Å². The van der Waals surface area contributed by atoms with Crippen molar-refractivity contribution in [3.8, 4) is 0 Å². The molecule has 2 nitrogen and oxygen atoms in total. The zero-order chi connectivity index (χ0) is 13.5. The highest BCUT2D eigenvalue weighted by molar-refractivity contribution is 7.27. The van der Waals surface area contributed by atoms with Crippen molar-refractivity contribution in [1.82, 2.24) is 4.98 Å². The molecule has 100 valence electrons. The number of oxazole rings is 1. The Morgan fingerprint density at radius 3 is 2.95 bits per heavy atom. The van der Waals surface area contributed by atoms with Crippen molar-refractivity contribution in [1.29, 1.82) is 0 Å². The first-order valence-electron chi connectivity index (χ1n) is 6.25. The van der Waals surface area contributed by atoms with Crippen molar-refractivity contribution in [2.45, 2.75) is 11.8 Å². The van der Waals surface area contributed by atoms with Gasteiger partial charge < -0.3 is 4.42 Å². The molecule has 1 aromatic carbocycles. The summed E-state index contributed by atoms with van der Waals surface area (Å²) in [6, 6.07) is 12.1.